The molecule has 0 spiro atoms. The molecule has 4 aliphatic rings. The third-order valence-corrected chi connectivity index (χ3v) is 5.28. The fourth-order valence-electron chi connectivity index (χ4n) is 4.33. The summed E-state index contributed by atoms with van der Waals surface area (Å²) < 4.78 is 0. The van der Waals surface area contributed by atoms with E-state index in [0.29, 0.717) is 0 Å². The van der Waals surface area contributed by atoms with Crippen LogP contribution in [-0.2, 0) is 4.79 Å². The molecule has 0 radical (unpaired) electrons. The second-order valence-electron chi connectivity index (χ2n) is 6.45. The van der Waals surface area contributed by atoms with Gasteiger partial charge in [-0.3, -0.25) is 4.79 Å². The molecule has 1 unspecified atom stereocenters. The summed E-state index contributed by atoms with van der Waals surface area (Å²) in [4.78, 5) is 16.6. The Morgan fingerprint density at radius 1 is 0.917 bits per heavy atom. The summed E-state index contributed by atoms with van der Waals surface area (Å²) in [5.41, 5.74) is 9.81. The van der Waals surface area contributed by atoms with Gasteiger partial charge in [0.05, 0.1) is 11.6 Å². The molecular weight excluding hydrogens is 296 g/mol. The number of hydrogen-bond donors (Lipinski definition) is 1. The summed E-state index contributed by atoms with van der Waals surface area (Å²) in [5, 5.41) is 3.61. The first kappa shape index (κ1) is 12.3. The van der Waals surface area contributed by atoms with Gasteiger partial charge in [0.25, 0.3) is 5.91 Å². The molecule has 1 amide bonds. The van der Waals surface area contributed by atoms with Gasteiger partial charge in [-0.15, -0.1) is 0 Å². The van der Waals surface area contributed by atoms with Crippen LogP contribution in [0.15, 0.2) is 70.2 Å². The minimum Gasteiger partial charge on any atom is -0.374 e. The Kier molecular flexibility index (Phi) is 2.04. The van der Waals surface area contributed by atoms with Crippen LogP contribution in [0.2, 0.25) is 0 Å². The summed E-state index contributed by atoms with van der Waals surface area (Å²) in [6.45, 7) is 0. The average molecular weight is 308 g/mol. The van der Waals surface area contributed by atoms with Gasteiger partial charge in [-0.2, -0.15) is 0 Å². The van der Waals surface area contributed by atoms with Crippen molar-refractivity contribution in [3.05, 3.63) is 81.9 Å². The monoisotopic (exact) mass is 308 g/mol. The number of para-hydroxylation sites is 1. The van der Waals surface area contributed by atoms with E-state index in [1.807, 2.05) is 18.2 Å². The fourth-order valence-corrected chi connectivity index (χ4v) is 4.33. The molecule has 24 heavy (non-hydrogen) atoms. The van der Waals surface area contributed by atoms with Gasteiger partial charge in [0, 0.05) is 28.6 Å². The maximum absolute atomic E-state index is 12.5. The Morgan fingerprint density at radius 2 is 1.71 bits per heavy atom. The molecule has 0 saturated carbocycles. The fraction of sp³-hybridized carbons (Fsp3) is 0.0476. The number of nitrogens with zero attached hydrogens (tertiary/aromatic N) is 1. The van der Waals surface area contributed by atoms with Crippen molar-refractivity contribution in [2.75, 3.05) is 5.32 Å². The summed E-state index contributed by atoms with van der Waals surface area (Å²) in [7, 11) is 0. The van der Waals surface area contributed by atoms with Crippen molar-refractivity contribution in [2.24, 2.45) is 4.99 Å². The van der Waals surface area contributed by atoms with E-state index in [0.717, 1.165) is 33.5 Å². The molecule has 1 N–H and O–H groups in total. The van der Waals surface area contributed by atoms with Gasteiger partial charge in [0.1, 0.15) is 0 Å². The molecule has 6 rings (SSSR count). The summed E-state index contributed by atoms with van der Waals surface area (Å²) in [6, 6.07) is 16.6. The van der Waals surface area contributed by atoms with Crippen LogP contribution in [0.3, 0.4) is 0 Å². The van der Waals surface area contributed by atoms with Crippen molar-refractivity contribution < 1.29 is 4.79 Å². The van der Waals surface area contributed by atoms with Crippen molar-refractivity contribution in [3.63, 3.8) is 0 Å². The standard InChI is InChI=1S/C21H12N2O/c24-21-19-15(10-22-21)17-12-6-2-1-5-11(12)9-14(17)20-18(19)13-7-3-4-8-16(13)23-20/h1-10,20,23H. The van der Waals surface area contributed by atoms with Crippen LogP contribution in [0.4, 0.5) is 5.69 Å². The number of carbonyl (C=O) groups excluding carboxylic acids is 1. The molecule has 112 valence electrons. The Hall–Kier alpha value is -3.20. The highest BCUT2D eigenvalue weighted by atomic mass is 16.1. The van der Waals surface area contributed by atoms with E-state index >= 15 is 0 Å². The Labute approximate surface area is 138 Å². The van der Waals surface area contributed by atoms with E-state index in [4.69, 9.17) is 0 Å². The van der Waals surface area contributed by atoms with Gasteiger partial charge in [-0.25, -0.2) is 4.99 Å². The van der Waals surface area contributed by atoms with E-state index < -0.39 is 0 Å². The number of anilines is 1. The molecule has 2 aromatic rings. The topological polar surface area (TPSA) is 41.5 Å². The van der Waals surface area contributed by atoms with Crippen LogP contribution in [0.25, 0.3) is 17.2 Å². The summed E-state index contributed by atoms with van der Waals surface area (Å²) in [5.74, 6) is -0.126. The van der Waals surface area contributed by atoms with E-state index in [9.17, 15) is 4.79 Å². The van der Waals surface area contributed by atoms with Crippen molar-refractivity contribution >= 4 is 35.0 Å². The molecule has 0 bridgehead atoms. The number of nitrogens with one attached hydrogen (secondary N) is 1. The van der Waals surface area contributed by atoms with E-state index in [-0.39, 0.29) is 11.9 Å². The lowest BCUT2D eigenvalue weighted by Crippen LogP contribution is -2.24. The van der Waals surface area contributed by atoms with Crippen LogP contribution in [0.5, 0.6) is 0 Å². The lowest BCUT2D eigenvalue weighted by atomic mass is 9.79. The minimum absolute atomic E-state index is 0.0224. The normalized spacial score (nSPS) is 21.9. The van der Waals surface area contributed by atoms with Gasteiger partial charge in [0.15, 0.2) is 0 Å². The zero-order valence-electron chi connectivity index (χ0n) is 12.7. The van der Waals surface area contributed by atoms with E-state index in [2.05, 4.69) is 46.7 Å². The molecule has 1 atom stereocenters. The molecular formula is C21H12N2O. The number of aliphatic imine (C=N–C) groups is 1. The van der Waals surface area contributed by atoms with Crippen LogP contribution >= 0.6 is 0 Å². The molecule has 2 heterocycles. The predicted octanol–water partition coefficient (Wildman–Crippen LogP) is 3.71. The van der Waals surface area contributed by atoms with Crippen LogP contribution in [0.1, 0.15) is 16.7 Å². The van der Waals surface area contributed by atoms with Crippen LogP contribution in [-0.4, -0.2) is 18.2 Å². The van der Waals surface area contributed by atoms with Gasteiger partial charge >= 0.3 is 0 Å². The predicted molar refractivity (Wildman–Crippen MR) is 95.6 cm³/mol. The maximum atomic E-state index is 12.5. The van der Waals surface area contributed by atoms with Crippen molar-refractivity contribution in [1.82, 2.24) is 0 Å². The van der Waals surface area contributed by atoms with Crippen molar-refractivity contribution in [1.29, 1.82) is 0 Å². The third-order valence-electron chi connectivity index (χ3n) is 5.28. The van der Waals surface area contributed by atoms with Gasteiger partial charge < -0.3 is 5.32 Å². The molecule has 2 aliphatic heterocycles. The SMILES string of the molecule is O=C1N=CC2=C3C(=Cc4ccccc43)C3Nc4ccccc4C3=C12. The molecule has 3 heteroatoms. The zero-order valence-corrected chi connectivity index (χ0v) is 12.7. The first-order chi connectivity index (χ1) is 11.8. The number of amides is 1. The molecule has 0 fully saturated rings. The molecule has 0 aromatic heterocycles. The largest absolute Gasteiger partial charge is 0.374 e. The van der Waals surface area contributed by atoms with Crippen molar-refractivity contribution in [3.8, 4) is 0 Å². The molecule has 2 aliphatic carbocycles. The Bertz CT molecular complexity index is 1100. The first-order valence-electron chi connectivity index (χ1n) is 8.07. The number of fused-ring (bicyclic) bond motifs is 8. The Morgan fingerprint density at radius 3 is 2.62 bits per heavy atom. The number of carbonyl (C=O) groups is 1. The van der Waals surface area contributed by atoms with Gasteiger partial charge in [-0.05, 0) is 34.4 Å². The smallest absolute Gasteiger partial charge is 0.278 e. The molecule has 0 saturated heterocycles. The highest BCUT2D eigenvalue weighted by Crippen LogP contribution is 2.53. The van der Waals surface area contributed by atoms with Crippen molar-refractivity contribution in [2.45, 2.75) is 6.04 Å². The third kappa shape index (κ3) is 1.30. The van der Waals surface area contributed by atoms with Gasteiger partial charge in [-0.1, -0.05) is 42.5 Å². The maximum Gasteiger partial charge on any atom is 0.278 e. The highest BCUT2D eigenvalue weighted by Gasteiger charge is 2.44. The van der Waals surface area contributed by atoms with Gasteiger partial charge in [0.2, 0.25) is 0 Å². The summed E-state index contributed by atoms with van der Waals surface area (Å²) >= 11 is 0. The Balaban J connectivity index is 1.73. The van der Waals surface area contributed by atoms with E-state index in [1.54, 1.807) is 6.21 Å². The first-order valence-corrected chi connectivity index (χ1v) is 8.07. The second-order valence-corrected chi connectivity index (χ2v) is 6.45. The minimum atomic E-state index is -0.126. The van der Waals surface area contributed by atoms with Crippen LogP contribution in [0, 0.1) is 0 Å². The van der Waals surface area contributed by atoms with Crippen LogP contribution < -0.4 is 5.32 Å². The number of hydrogen-bond acceptors (Lipinski definition) is 2. The average Bonchev–Trinajstić information content (AvgIpc) is 3.27. The lowest BCUT2D eigenvalue weighted by Gasteiger charge is -2.25. The molecule has 3 nitrogen and oxygen atoms in total. The highest BCUT2D eigenvalue weighted by molar-refractivity contribution is 6.29. The summed E-state index contributed by atoms with van der Waals surface area (Å²) in [6.07, 6.45) is 3.99. The second kappa shape index (κ2) is 4.01. The zero-order chi connectivity index (χ0) is 15.8. The quantitative estimate of drug-likeness (QED) is 0.806. The molecule has 2 aromatic carbocycles. The van der Waals surface area contributed by atoms with E-state index in [1.165, 1.54) is 16.7 Å². The number of benzene rings is 2. The lowest BCUT2D eigenvalue weighted by molar-refractivity contribution is -0.113. The number of rotatable bonds is 0.